The van der Waals surface area contributed by atoms with Crippen LogP contribution in [0, 0.1) is 29.1 Å². The Labute approximate surface area is 148 Å². The zero-order valence-corrected chi connectivity index (χ0v) is 14.2. The van der Waals surface area contributed by atoms with Crippen molar-refractivity contribution >= 4 is 11.9 Å². The molecule has 140 valence electrons. The van der Waals surface area contributed by atoms with Crippen LogP contribution in [0.1, 0.15) is 25.0 Å². The fourth-order valence-corrected chi connectivity index (χ4v) is 2.33. The fourth-order valence-electron chi connectivity index (χ4n) is 2.33. The summed E-state index contributed by atoms with van der Waals surface area (Å²) >= 11 is 0. The van der Waals surface area contributed by atoms with Crippen molar-refractivity contribution in [1.29, 1.82) is 0 Å². The number of nitrogens with zero attached hydrogens (tertiary/aromatic N) is 3. The van der Waals surface area contributed by atoms with Crippen molar-refractivity contribution < 1.29 is 22.0 Å². The number of aromatic nitrogens is 1. The fraction of sp³-hybridized carbons (Fsp3) is 0.278. The molecule has 0 fully saturated rings. The molecule has 0 saturated carbocycles. The van der Waals surface area contributed by atoms with Crippen LogP contribution >= 0.6 is 0 Å². The summed E-state index contributed by atoms with van der Waals surface area (Å²) in [7, 11) is 1.73. The lowest BCUT2D eigenvalue weighted by Crippen LogP contribution is -2.23. The van der Waals surface area contributed by atoms with Crippen molar-refractivity contribution in [1.82, 2.24) is 4.57 Å². The maximum Gasteiger partial charge on any atom is 0.200 e. The average Bonchev–Trinajstić information content (AvgIpc) is 3.04. The van der Waals surface area contributed by atoms with E-state index in [1.807, 2.05) is 0 Å². The predicted molar refractivity (Wildman–Crippen MR) is 90.6 cm³/mol. The third-order valence-corrected chi connectivity index (χ3v) is 3.79. The van der Waals surface area contributed by atoms with Gasteiger partial charge in [0.1, 0.15) is 5.69 Å². The van der Waals surface area contributed by atoms with Gasteiger partial charge in [0, 0.05) is 19.8 Å². The first-order chi connectivity index (χ1) is 12.4. The number of hydrogen-bond donors (Lipinski definition) is 0. The molecule has 0 aliphatic carbocycles. The van der Waals surface area contributed by atoms with Gasteiger partial charge in [0.25, 0.3) is 0 Å². The van der Waals surface area contributed by atoms with Crippen LogP contribution in [0.3, 0.4) is 0 Å². The maximum atomic E-state index is 14.1. The third kappa shape index (κ3) is 4.12. The topological polar surface area (TPSA) is 20.5 Å². The Balaban J connectivity index is 2.42. The van der Waals surface area contributed by atoms with Crippen LogP contribution in [0.2, 0.25) is 0 Å². The van der Waals surface area contributed by atoms with Crippen LogP contribution < -0.4 is 5.01 Å². The lowest BCUT2D eigenvalue weighted by Gasteiger charge is -2.21. The predicted octanol–water partition coefficient (Wildman–Crippen LogP) is 4.92. The number of anilines is 1. The van der Waals surface area contributed by atoms with Gasteiger partial charge in [0.15, 0.2) is 23.3 Å². The van der Waals surface area contributed by atoms with Gasteiger partial charge < -0.3 is 4.57 Å². The van der Waals surface area contributed by atoms with Gasteiger partial charge in [0.05, 0.1) is 11.9 Å². The van der Waals surface area contributed by atoms with Gasteiger partial charge in [-0.3, -0.25) is 5.01 Å². The molecule has 0 N–H and O–H groups in total. The van der Waals surface area contributed by atoms with Gasteiger partial charge in [-0.1, -0.05) is 6.08 Å². The Kier molecular flexibility index (Phi) is 6.54. The molecule has 0 amide bonds. The number of allylic oxidation sites excluding steroid dienone is 1. The van der Waals surface area contributed by atoms with E-state index in [-0.39, 0.29) is 6.54 Å². The number of rotatable bonds is 8. The lowest BCUT2D eigenvalue weighted by atomic mass is 10.2. The van der Waals surface area contributed by atoms with Crippen LogP contribution in [0.15, 0.2) is 36.1 Å². The van der Waals surface area contributed by atoms with Crippen LogP contribution in [-0.4, -0.2) is 17.3 Å². The summed E-state index contributed by atoms with van der Waals surface area (Å²) < 4.78 is 70.3. The highest BCUT2D eigenvalue weighted by molar-refractivity contribution is 5.78. The van der Waals surface area contributed by atoms with E-state index < -0.39 is 34.8 Å². The molecule has 1 heterocycles. The van der Waals surface area contributed by atoms with Crippen LogP contribution in [0.4, 0.5) is 27.6 Å². The first-order valence-corrected chi connectivity index (χ1v) is 7.93. The Morgan fingerprint density at radius 2 is 1.65 bits per heavy atom. The van der Waals surface area contributed by atoms with Crippen molar-refractivity contribution in [3.05, 3.63) is 65.8 Å². The highest BCUT2D eigenvalue weighted by Gasteiger charge is 2.29. The molecule has 0 bridgehead atoms. The molecule has 26 heavy (non-hydrogen) atoms. The molecule has 8 heteroatoms. The minimum atomic E-state index is -2.19. The van der Waals surface area contributed by atoms with E-state index in [1.54, 1.807) is 36.0 Å². The van der Waals surface area contributed by atoms with Crippen molar-refractivity contribution in [3.63, 3.8) is 0 Å². The van der Waals surface area contributed by atoms with Gasteiger partial charge >= 0.3 is 0 Å². The van der Waals surface area contributed by atoms with Crippen LogP contribution in [0.25, 0.3) is 0 Å². The summed E-state index contributed by atoms with van der Waals surface area (Å²) in [5, 5.41) is 4.75. The van der Waals surface area contributed by atoms with Gasteiger partial charge in [-0.25, -0.2) is 22.0 Å². The molecule has 0 aliphatic heterocycles. The highest BCUT2D eigenvalue weighted by atomic mass is 19.2. The minimum absolute atomic E-state index is 0.0207. The van der Waals surface area contributed by atoms with Crippen molar-refractivity contribution in [2.45, 2.75) is 19.3 Å². The maximum absolute atomic E-state index is 14.1. The van der Waals surface area contributed by atoms with Crippen molar-refractivity contribution in [2.24, 2.45) is 12.1 Å². The Bertz CT molecular complexity index is 784. The van der Waals surface area contributed by atoms with E-state index in [4.69, 9.17) is 0 Å². The molecular weight excluding hydrogens is 353 g/mol. The monoisotopic (exact) mass is 371 g/mol. The van der Waals surface area contributed by atoms with E-state index in [0.717, 1.165) is 5.01 Å². The standard InChI is InChI=1S/C18H18F5N3/c1-3-4-5-6-10-26(24-11-12-8-7-9-25(12)2)18-16(22)14(20)13(19)15(21)17(18)23/h3,7-9,11H,1,4-6,10H2,2H3/b24-11+. The Morgan fingerprint density at radius 1 is 1.04 bits per heavy atom. The summed E-state index contributed by atoms with van der Waals surface area (Å²) in [6, 6.07) is 3.42. The molecule has 0 aliphatic rings. The molecule has 0 spiro atoms. The molecule has 3 nitrogen and oxygen atoms in total. The van der Waals surface area contributed by atoms with E-state index in [2.05, 4.69) is 11.7 Å². The number of halogens is 5. The van der Waals surface area contributed by atoms with Gasteiger partial charge in [-0.15, -0.1) is 6.58 Å². The summed E-state index contributed by atoms with van der Waals surface area (Å²) in [6.07, 6.45) is 6.42. The minimum Gasteiger partial charge on any atom is -0.350 e. The quantitative estimate of drug-likeness (QED) is 0.123. The van der Waals surface area contributed by atoms with Gasteiger partial charge in [0.2, 0.25) is 5.82 Å². The van der Waals surface area contributed by atoms with Gasteiger partial charge in [-0.2, -0.15) is 5.10 Å². The number of hydrazone groups is 1. The first-order valence-electron chi connectivity index (χ1n) is 7.93. The van der Waals surface area contributed by atoms with E-state index in [0.29, 0.717) is 25.0 Å². The number of hydrogen-bond acceptors (Lipinski definition) is 2. The largest absolute Gasteiger partial charge is 0.350 e. The second-order valence-electron chi connectivity index (χ2n) is 5.61. The van der Waals surface area contributed by atoms with Crippen LogP contribution in [-0.2, 0) is 7.05 Å². The number of unbranched alkanes of at least 4 members (excludes halogenated alkanes) is 2. The van der Waals surface area contributed by atoms with E-state index >= 15 is 0 Å². The Morgan fingerprint density at radius 3 is 2.19 bits per heavy atom. The van der Waals surface area contributed by atoms with Gasteiger partial charge in [-0.05, 0) is 31.4 Å². The highest BCUT2D eigenvalue weighted by Crippen LogP contribution is 2.30. The molecule has 0 saturated heterocycles. The zero-order valence-electron chi connectivity index (χ0n) is 14.2. The number of benzene rings is 1. The first kappa shape index (κ1) is 19.7. The molecule has 1 aromatic carbocycles. The molecule has 0 unspecified atom stereocenters. The van der Waals surface area contributed by atoms with E-state index in [1.165, 1.54) is 6.21 Å². The molecule has 0 atom stereocenters. The third-order valence-electron chi connectivity index (χ3n) is 3.79. The second-order valence-corrected chi connectivity index (χ2v) is 5.61. The van der Waals surface area contributed by atoms with E-state index in [9.17, 15) is 22.0 Å². The number of aryl methyl sites for hydroxylation is 1. The smallest absolute Gasteiger partial charge is 0.200 e. The molecule has 2 rings (SSSR count). The second kappa shape index (κ2) is 8.64. The summed E-state index contributed by atoms with van der Waals surface area (Å²) in [5.74, 6) is -10.0. The van der Waals surface area contributed by atoms with Crippen molar-refractivity contribution in [3.8, 4) is 0 Å². The normalized spacial score (nSPS) is 11.3. The molecule has 2 aromatic rings. The summed E-state index contributed by atoms with van der Waals surface area (Å²) in [6.45, 7) is 3.55. The molecule has 1 aromatic heterocycles. The summed E-state index contributed by atoms with van der Waals surface area (Å²) in [5.41, 5.74) is -0.463. The zero-order chi connectivity index (χ0) is 19.3. The SMILES string of the molecule is C=CCCCCN(/N=C/c1cccn1C)c1c(F)c(F)c(F)c(F)c1F. The van der Waals surface area contributed by atoms with Crippen molar-refractivity contribution in [2.75, 3.05) is 11.6 Å². The average molecular weight is 371 g/mol. The summed E-state index contributed by atoms with van der Waals surface area (Å²) in [4.78, 5) is 0. The lowest BCUT2D eigenvalue weighted by molar-refractivity contribution is 0.378. The molecular formula is C18H18F5N3. The Hall–Kier alpha value is -2.64. The van der Waals surface area contributed by atoms with Crippen LogP contribution in [0.5, 0.6) is 0 Å². The molecule has 0 radical (unpaired) electrons.